The first-order chi connectivity index (χ1) is 12.6. The Labute approximate surface area is 159 Å². The molecule has 1 atom stereocenters. The largest absolute Gasteiger partial charge is 0.381 e. The summed E-state index contributed by atoms with van der Waals surface area (Å²) in [7, 11) is 0. The average Bonchev–Trinajstić information content (AvgIpc) is 3.31. The molecule has 4 rings (SSSR count). The first kappa shape index (κ1) is 17.8. The molecule has 1 spiro atoms. The van der Waals surface area contributed by atoms with Gasteiger partial charge >= 0.3 is 0 Å². The van der Waals surface area contributed by atoms with Gasteiger partial charge < -0.3 is 14.5 Å². The second-order valence-electron chi connectivity index (χ2n) is 7.75. The number of nitrogens with zero attached hydrogens (tertiary/aromatic N) is 2. The Hall–Kier alpha value is -1.59. The second kappa shape index (κ2) is 7.20. The van der Waals surface area contributed by atoms with E-state index in [-0.39, 0.29) is 23.1 Å². The van der Waals surface area contributed by atoms with Crippen LogP contribution in [0.15, 0.2) is 24.3 Å². The molecular weight excluding hydrogens is 352 g/mol. The van der Waals surface area contributed by atoms with Gasteiger partial charge in [-0.15, -0.1) is 0 Å². The van der Waals surface area contributed by atoms with Crippen molar-refractivity contribution >= 4 is 23.4 Å². The molecule has 0 aliphatic carbocycles. The Kier molecular flexibility index (Phi) is 4.93. The Bertz CT molecular complexity index is 679. The lowest BCUT2D eigenvalue weighted by Crippen LogP contribution is -2.45. The van der Waals surface area contributed by atoms with Gasteiger partial charge in [-0.05, 0) is 49.9 Å². The molecule has 0 N–H and O–H groups in total. The van der Waals surface area contributed by atoms with Gasteiger partial charge in [-0.1, -0.05) is 11.6 Å². The van der Waals surface area contributed by atoms with E-state index in [0.29, 0.717) is 36.9 Å². The highest BCUT2D eigenvalue weighted by molar-refractivity contribution is 6.30. The van der Waals surface area contributed by atoms with Crippen LogP contribution in [0.5, 0.6) is 0 Å². The van der Waals surface area contributed by atoms with Crippen molar-refractivity contribution in [2.75, 3.05) is 39.4 Å². The maximum atomic E-state index is 13.2. The van der Waals surface area contributed by atoms with Gasteiger partial charge in [-0.2, -0.15) is 0 Å². The first-order valence-corrected chi connectivity index (χ1v) is 9.88. The Morgan fingerprint density at radius 2 is 1.69 bits per heavy atom. The minimum atomic E-state index is -0.139. The number of carbonyl (C=O) groups excluding carboxylic acids is 2. The highest BCUT2D eigenvalue weighted by atomic mass is 35.5. The summed E-state index contributed by atoms with van der Waals surface area (Å²) in [5, 5.41) is 0.617. The van der Waals surface area contributed by atoms with Gasteiger partial charge in [0.2, 0.25) is 5.91 Å². The number of hydrogen-bond donors (Lipinski definition) is 0. The minimum absolute atomic E-state index is 0.00995. The summed E-state index contributed by atoms with van der Waals surface area (Å²) in [6.07, 6.45) is 3.87. The van der Waals surface area contributed by atoms with Crippen LogP contribution >= 0.6 is 11.6 Å². The van der Waals surface area contributed by atoms with Crippen LogP contribution in [0.1, 0.15) is 36.0 Å². The highest BCUT2D eigenvalue weighted by Gasteiger charge is 2.52. The van der Waals surface area contributed by atoms with Crippen molar-refractivity contribution in [1.29, 1.82) is 0 Å². The van der Waals surface area contributed by atoms with E-state index < -0.39 is 0 Å². The van der Waals surface area contributed by atoms with Gasteiger partial charge in [-0.3, -0.25) is 9.59 Å². The summed E-state index contributed by atoms with van der Waals surface area (Å²) in [4.78, 5) is 30.1. The van der Waals surface area contributed by atoms with Crippen LogP contribution in [-0.2, 0) is 9.53 Å². The number of hydrogen-bond acceptors (Lipinski definition) is 3. The highest BCUT2D eigenvalue weighted by Crippen LogP contribution is 2.45. The van der Waals surface area contributed by atoms with Crippen LogP contribution in [0, 0.1) is 11.3 Å². The van der Waals surface area contributed by atoms with E-state index in [1.54, 1.807) is 24.3 Å². The molecule has 0 bridgehead atoms. The number of benzene rings is 1. The van der Waals surface area contributed by atoms with Crippen molar-refractivity contribution in [2.24, 2.45) is 11.3 Å². The number of rotatable bonds is 2. The van der Waals surface area contributed by atoms with Gasteiger partial charge in [0.05, 0.1) is 5.92 Å². The molecule has 3 aliphatic heterocycles. The third-order valence-electron chi connectivity index (χ3n) is 6.23. The second-order valence-corrected chi connectivity index (χ2v) is 8.19. The van der Waals surface area contributed by atoms with Crippen molar-refractivity contribution in [2.45, 2.75) is 25.7 Å². The van der Waals surface area contributed by atoms with E-state index in [1.165, 1.54) is 0 Å². The van der Waals surface area contributed by atoms with Crippen LogP contribution < -0.4 is 0 Å². The quantitative estimate of drug-likeness (QED) is 0.797. The number of halogens is 1. The van der Waals surface area contributed by atoms with Crippen molar-refractivity contribution in [3.8, 4) is 0 Å². The lowest BCUT2D eigenvalue weighted by atomic mass is 9.71. The fourth-order valence-corrected chi connectivity index (χ4v) is 4.81. The predicted octanol–water partition coefficient (Wildman–Crippen LogP) is 2.83. The zero-order valence-corrected chi connectivity index (χ0v) is 15.7. The zero-order valence-electron chi connectivity index (χ0n) is 15.0. The van der Waals surface area contributed by atoms with Gasteiger partial charge in [0.25, 0.3) is 5.91 Å². The number of amides is 2. The standard InChI is InChI=1S/C20H25ClN2O3/c21-16-5-3-15(4-6-16)18(24)23-13-17(19(25)22-9-1-2-10-22)20(14-23)7-11-26-12-8-20/h3-6,17H,1-2,7-14H2/t17-/m0/s1. The van der Waals surface area contributed by atoms with Crippen LogP contribution in [0.3, 0.4) is 0 Å². The fraction of sp³-hybridized carbons (Fsp3) is 0.600. The molecular formula is C20H25ClN2O3. The molecule has 2 amide bonds. The van der Waals surface area contributed by atoms with Crippen molar-refractivity contribution in [3.63, 3.8) is 0 Å². The SMILES string of the molecule is O=C(c1ccc(Cl)cc1)N1C[C@@H](C(=O)N2CCCC2)C2(CCOCC2)C1. The lowest BCUT2D eigenvalue weighted by Gasteiger charge is -2.38. The molecule has 0 unspecified atom stereocenters. The van der Waals surface area contributed by atoms with Crippen molar-refractivity contribution in [3.05, 3.63) is 34.9 Å². The van der Waals surface area contributed by atoms with E-state index in [1.807, 2.05) is 9.80 Å². The average molecular weight is 377 g/mol. The van der Waals surface area contributed by atoms with Crippen LogP contribution in [0.2, 0.25) is 5.02 Å². The summed E-state index contributed by atoms with van der Waals surface area (Å²) in [6, 6.07) is 7.00. The molecule has 1 aromatic rings. The molecule has 0 saturated carbocycles. The number of ether oxygens (including phenoxy) is 1. The Morgan fingerprint density at radius 3 is 2.35 bits per heavy atom. The van der Waals surface area contributed by atoms with Crippen molar-refractivity contribution < 1.29 is 14.3 Å². The van der Waals surface area contributed by atoms with E-state index >= 15 is 0 Å². The molecule has 1 aromatic carbocycles. The molecule has 6 heteroatoms. The molecule has 26 heavy (non-hydrogen) atoms. The third-order valence-corrected chi connectivity index (χ3v) is 6.48. The molecule has 3 heterocycles. The number of likely N-dealkylation sites (tertiary alicyclic amines) is 2. The van der Waals surface area contributed by atoms with E-state index in [4.69, 9.17) is 16.3 Å². The first-order valence-electron chi connectivity index (χ1n) is 9.50. The Morgan fingerprint density at radius 1 is 1.04 bits per heavy atom. The van der Waals surface area contributed by atoms with Gasteiger partial charge in [-0.25, -0.2) is 0 Å². The van der Waals surface area contributed by atoms with E-state index in [0.717, 1.165) is 38.8 Å². The summed E-state index contributed by atoms with van der Waals surface area (Å²) < 4.78 is 5.56. The summed E-state index contributed by atoms with van der Waals surface area (Å²) in [5.74, 6) is 0.112. The smallest absolute Gasteiger partial charge is 0.253 e. The molecule has 3 aliphatic rings. The maximum absolute atomic E-state index is 13.2. The molecule has 3 saturated heterocycles. The Balaban J connectivity index is 1.57. The minimum Gasteiger partial charge on any atom is -0.381 e. The molecule has 140 valence electrons. The molecule has 5 nitrogen and oxygen atoms in total. The summed E-state index contributed by atoms with van der Waals surface area (Å²) in [5.41, 5.74) is 0.492. The zero-order chi connectivity index (χ0) is 18.1. The predicted molar refractivity (Wildman–Crippen MR) is 99.1 cm³/mol. The topological polar surface area (TPSA) is 49.9 Å². The molecule has 3 fully saturated rings. The van der Waals surface area contributed by atoms with Crippen LogP contribution in [0.25, 0.3) is 0 Å². The molecule has 0 radical (unpaired) electrons. The maximum Gasteiger partial charge on any atom is 0.253 e. The van der Waals surface area contributed by atoms with Gasteiger partial charge in [0.15, 0.2) is 0 Å². The van der Waals surface area contributed by atoms with E-state index in [2.05, 4.69) is 0 Å². The van der Waals surface area contributed by atoms with E-state index in [9.17, 15) is 9.59 Å². The monoisotopic (exact) mass is 376 g/mol. The fourth-order valence-electron chi connectivity index (χ4n) is 4.68. The van der Waals surface area contributed by atoms with Crippen LogP contribution in [0.4, 0.5) is 0 Å². The summed E-state index contributed by atoms with van der Waals surface area (Å²) >= 11 is 5.94. The molecule has 0 aromatic heterocycles. The normalized spacial score (nSPS) is 25.0. The van der Waals surface area contributed by atoms with Crippen molar-refractivity contribution in [1.82, 2.24) is 9.80 Å². The number of carbonyl (C=O) groups is 2. The summed E-state index contributed by atoms with van der Waals surface area (Å²) in [6.45, 7) is 4.21. The lowest BCUT2D eigenvalue weighted by molar-refractivity contribution is -0.139. The third kappa shape index (κ3) is 3.23. The van der Waals surface area contributed by atoms with Gasteiger partial charge in [0, 0.05) is 55.4 Å². The van der Waals surface area contributed by atoms with Crippen LogP contribution in [-0.4, -0.2) is 61.0 Å². The van der Waals surface area contributed by atoms with Gasteiger partial charge in [0.1, 0.15) is 0 Å².